The van der Waals surface area contributed by atoms with E-state index in [0.717, 1.165) is 13.1 Å². The minimum atomic E-state index is 0.471. The molecule has 0 aliphatic carbocycles. The van der Waals surface area contributed by atoms with Crippen LogP contribution < -0.4 is 5.32 Å². The molecule has 1 aliphatic rings. The Morgan fingerprint density at radius 1 is 1.45 bits per heavy atom. The molecule has 1 aliphatic heterocycles. The fourth-order valence-electron chi connectivity index (χ4n) is 1.55. The molecular weight excluding hydrogens is 138 g/mol. The highest BCUT2D eigenvalue weighted by molar-refractivity contribution is 4.69. The smallest absolute Gasteiger partial charge is 0.0703 e. The summed E-state index contributed by atoms with van der Waals surface area (Å²) in [5, 5.41) is 3.31. The van der Waals surface area contributed by atoms with Crippen LogP contribution in [-0.4, -0.2) is 25.3 Å². The zero-order chi connectivity index (χ0) is 8.10. The lowest BCUT2D eigenvalue weighted by Crippen LogP contribution is -2.34. The third-order valence-corrected chi connectivity index (χ3v) is 2.18. The predicted octanol–water partition coefficient (Wildman–Crippen LogP) is 1.55. The highest BCUT2D eigenvalue weighted by atomic mass is 16.5. The summed E-state index contributed by atoms with van der Waals surface area (Å²) in [4.78, 5) is 0. The van der Waals surface area contributed by atoms with Crippen molar-refractivity contribution in [2.75, 3.05) is 13.1 Å². The van der Waals surface area contributed by atoms with Crippen LogP contribution in [0.2, 0.25) is 0 Å². The average molecular weight is 157 g/mol. The van der Waals surface area contributed by atoms with Crippen molar-refractivity contribution in [3.8, 4) is 0 Å². The summed E-state index contributed by atoms with van der Waals surface area (Å²) in [7, 11) is 0. The van der Waals surface area contributed by atoms with Gasteiger partial charge in [-0.25, -0.2) is 0 Å². The molecule has 11 heavy (non-hydrogen) atoms. The topological polar surface area (TPSA) is 21.3 Å². The molecule has 0 amide bonds. The van der Waals surface area contributed by atoms with Gasteiger partial charge in [0.05, 0.1) is 12.2 Å². The summed E-state index contributed by atoms with van der Waals surface area (Å²) in [5.41, 5.74) is 0. The molecule has 0 radical (unpaired) electrons. The number of likely N-dealkylation sites (N-methyl/N-ethyl adjacent to an activating group) is 1. The second-order valence-electron chi connectivity index (χ2n) is 3.31. The molecule has 1 fully saturated rings. The molecule has 1 rings (SSSR count). The third kappa shape index (κ3) is 3.21. The summed E-state index contributed by atoms with van der Waals surface area (Å²) in [5.74, 6) is 0. The lowest BCUT2D eigenvalue weighted by molar-refractivity contribution is -0.0378. The molecule has 2 unspecified atom stereocenters. The molecule has 2 heteroatoms. The van der Waals surface area contributed by atoms with Gasteiger partial charge < -0.3 is 10.1 Å². The van der Waals surface area contributed by atoms with E-state index in [0.29, 0.717) is 12.2 Å². The second-order valence-corrected chi connectivity index (χ2v) is 3.31. The Morgan fingerprint density at radius 2 is 2.27 bits per heavy atom. The first-order valence-corrected chi connectivity index (χ1v) is 4.69. The van der Waals surface area contributed by atoms with E-state index in [2.05, 4.69) is 19.2 Å². The molecule has 0 bridgehead atoms. The van der Waals surface area contributed by atoms with Crippen LogP contribution in [0.1, 0.15) is 33.1 Å². The van der Waals surface area contributed by atoms with Crippen molar-refractivity contribution in [1.29, 1.82) is 0 Å². The summed E-state index contributed by atoms with van der Waals surface area (Å²) >= 11 is 0. The van der Waals surface area contributed by atoms with Crippen LogP contribution in [0.5, 0.6) is 0 Å². The molecule has 0 spiro atoms. The molecular formula is C9H19NO. The molecule has 0 saturated carbocycles. The van der Waals surface area contributed by atoms with Gasteiger partial charge in [-0.1, -0.05) is 6.92 Å². The number of ether oxygens (including phenoxy) is 1. The van der Waals surface area contributed by atoms with E-state index in [1.807, 2.05) is 0 Å². The summed E-state index contributed by atoms with van der Waals surface area (Å²) in [6, 6.07) is 0. The normalized spacial score (nSPS) is 32.2. The van der Waals surface area contributed by atoms with E-state index in [4.69, 9.17) is 4.74 Å². The van der Waals surface area contributed by atoms with Gasteiger partial charge in [-0.05, 0) is 32.7 Å². The van der Waals surface area contributed by atoms with Crippen molar-refractivity contribution in [3.05, 3.63) is 0 Å². The summed E-state index contributed by atoms with van der Waals surface area (Å²) in [6.45, 7) is 6.37. The van der Waals surface area contributed by atoms with E-state index in [9.17, 15) is 0 Å². The number of hydrogen-bond donors (Lipinski definition) is 1. The molecule has 66 valence electrons. The van der Waals surface area contributed by atoms with Crippen LogP contribution in [0.25, 0.3) is 0 Å². The summed E-state index contributed by atoms with van der Waals surface area (Å²) in [6.07, 6.45) is 4.75. The van der Waals surface area contributed by atoms with Gasteiger partial charge in [-0.2, -0.15) is 0 Å². The lowest BCUT2D eigenvalue weighted by atomic mass is 10.1. The van der Waals surface area contributed by atoms with Gasteiger partial charge >= 0.3 is 0 Å². The average Bonchev–Trinajstić information content (AvgIpc) is 2.01. The van der Waals surface area contributed by atoms with Crippen molar-refractivity contribution in [2.24, 2.45) is 0 Å². The molecule has 2 nitrogen and oxygen atoms in total. The van der Waals surface area contributed by atoms with Gasteiger partial charge in [0.1, 0.15) is 0 Å². The van der Waals surface area contributed by atoms with Crippen LogP contribution in [-0.2, 0) is 4.74 Å². The van der Waals surface area contributed by atoms with Gasteiger partial charge in [0, 0.05) is 6.54 Å². The van der Waals surface area contributed by atoms with E-state index in [-0.39, 0.29) is 0 Å². The molecule has 0 aromatic heterocycles. The minimum Gasteiger partial charge on any atom is -0.374 e. The van der Waals surface area contributed by atoms with Crippen molar-refractivity contribution in [1.82, 2.24) is 5.32 Å². The highest BCUT2D eigenvalue weighted by Gasteiger charge is 2.17. The van der Waals surface area contributed by atoms with Crippen molar-refractivity contribution >= 4 is 0 Å². The molecule has 2 atom stereocenters. The first-order chi connectivity index (χ1) is 5.33. The molecule has 0 aromatic carbocycles. The Balaban J connectivity index is 2.12. The SMILES string of the molecule is CCNCC1CCCC(C)O1. The van der Waals surface area contributed by atoms with Crippen LogP contribution in [0.3, 0.4) is 0 Å². The van der Waals surface area contributed by atoms with Gasteiger partial charge in [0.15, 0.2) is 0 Å². The Hall–Kier alpha value is -0.0800. The molecule has 1 N–H and O–H groups in total. The number of hydrogen-bond acceptors (Lipinski definition) is 2. The maximum Gasteiger partial charge on any atom is 0.0703 e. The Bertz CT molecular complexity index is 106. The first-order valence-electron chi connectivity index (χ1n) is 4.69. The standard InChI is InChI=1S/C9H19NO/c1-3-10-7-9-6-4-5-8(2)11-9/h8-10H,3-7H2,1-2H3. The zero-order valence-electron chi connectivity index (χ0n) is 7.60. The predicted molar refractivity (Wildman–Crippen MR) is 46.7 cm³/mol. The Kier molecular flexibility index (Phi) is 3.87. The van der Waals surface area contributed by atoms with E-state index in [1.54, 1.807) is 0 Å². The Morgan fingerprint density at radius 3 is 2.91 bits per heavy atom. The third-order valence-electron chi connectivity index (χ3n) is 2.18. The fourth-order valence-corrected chi connectivity index (χ4v) is 1.55. The Labute approximate surface area is 69.3 Å². The number of nitrogens with one attached hydrogen (secondary N) is 1. The van der Waals surface area contributed by atoms with E-state index < -0.39 is 0 Å². The van der Waals surface area contributed by atoms with Crippen molar-refractivity contribution in [3.63, 3.8) is 0 Å². The zero-order valence-corrected chi connectivity index (χ0v) is 7.60. The number of rotatable bonds is 3. The largest absolute Gasteiger partial charge is 0.374 e. The van der Waals surface area contributed by atoms with Crippen LogP contribution in [0.15, 0.2) is 0 Å². The minimum absolute atomic E-state index is 0.471. The van der Waals surface area contributed by atoms with Crippen LogP contribution in [0, 0.1) is 0 Å². The highest BCUT2D eigenvalue weighted by Crippen LogP contribution is 2.17. The summed E-state index contributed by atoms with van der Waals surface area (Å²) < 4.78 is 5.73. The first kappa shape index (κ1) is 9.01. The van der Waals surface area contributed by atoms with Crippen molar-refractivity contribution < 1.29 is 4.74 Å². The van der Waals surface area contributed by atoms with Crippen LogP contribution >= 0.6 is 0 Å². The quantitative estimate of drug-likeness (QED) is 0.671. The van der Waals surface area contributed by atoms with Gasteiger partial charge in [0.25, 0.3) is 0 Å². The second kappa shape index (κ2) is 4.73. The maximum absolute atomic E-state index is 5.73. The maximum atomic E-state index is 5.73. The van der Waals surface area contributed by atoms with E-state index in [1.165, 1.54) is 19.3 Å². The monoisotopic (exact) mass is 157 g/mol. The fraction of sp³-hybridized carbons (Fsp3) is 1.00. The van der Waals surface area contributed by atoms with Gasteiger partial charge in [-0.3, -0.25) is 0 Å². The van der Waals surface area contributed by atoms with Crippen LogP contribution in [0.4, 0.5) is 0 Å². The molecule has 0 aromatic rings. The molecule has 1 saturated heterocycles. The lowest BCUT2D eigenvalue weighted by Gasteiger charge is -2.27. The molecule has 1 heterocycles. The van der Waals surface area contributed by atoms with E-state index >= 15 is 0 Å². The van der Waals surface area contributed by atoms with Crippen molar-refractivity contribution in [2.45, 2.75) is 45.3 Å². The van der Waals surface area contributed by atoms with Gasteiger partial charge in [-0.15, -0.1) is 0 Å². The van der Waals surface area contributed by atoms with Gasteiger partial charge in [0.2, 0.25) is 0 Å².